The van der Waals surface area contributed by atoms with Crippen LogP contribution in [0.5, 0.6) is 0 Å². The molecular weight excluding hydrogens is 268 g/mol. The predicted molar refractivity (Wildman–Crippen MR) is 78.7 cm³/mol. The van der Waals surface area contributed by atoms with Gasteiger partial charge in [0, 0.05) is 39.0 Å². The molecule has 2 saturated heterocycles. The number of esters is 1. The number of hydrogen-bond donors (Lipinski definition) is 0. The third-order valence-electron chi connectivity index (χ3n) is 5.17. The number of cyclic esters (lactones) is 1. The Morgan fingerprint density at radius 1 is 1.05 bits per heavy atom. The van der Waals surface area contributed by atoms with E-state index in [1.54, 1.807) is 0 Å². The minimum absolute atomic E-state index is 0.0742. The van der Waals surface area contributed by atoms with Crippen LogP contribution < -0.4 is 0 Å². The van der Waals surface area contributed by atoms with Gasteiger partial charge in [0.15, 0.2) is 0 Å². The quantitative estimate of drug-likeness (QED) is 0.739. The van der Waals surface area contributed by atoms with Gasteiger partial charge in [-0.05, 0) is 25.2 Å². The Bertz CT molecular complexity index is 393. The first kappa shape index (κ1) is 14.8. The van der Waals surface area contributed by atoms with Gasteiger partial charge < -0.3 is 9.64 Å². The van der Waals surface area contributed by atoms with Crippen molar-refractivity contribution in [2.45, 2.75) is 51.0 Å². The van der Waals surface area contributed by atoms with Crippen molar-refractivity contribution in [3.05, 3.63) is 0 Å². The normalized spacial score (nSPS) is 28.7. The van der Waals surface area contributed by atoms with Crippen molar-refractivity contribution in [1.82, 2.24) is 9.80 Å². The summed E-state index contributed by atoms with van der Waals surface area (Å²) in [5.74, 6) is 0.847. The molecule has 1 saturated carbocycles. The summed E-state index contributed by atoms with van der Waals surface area (Å²) in [4.78, 5) is 28.3. The second-order valence-electron chi connectivity index (χ2n) is 6.60. The fourth-order valence-electron chi connectivity index (χ4n) is 3.91. The third kappa shape index (κ3) is 3.57. The summed E-state index contributed by atoms with van der Waals surface area (Å²) in [6.45, 7) is 3.84. The van der Waals surface area contributed by atoms with Crippen molar-refractivity contribution in [1.29, 1.82) is 0 Å². The highest BCUT2D eigenvalue weighted by atomic mass is 16.5. The minimum atomic E-state index is -0.0827. The lowest BCUT2D eigenvalue weighted by Crippen LogP contribution is -2.41. The van der Waals surface area contributed by atoms with Crippen LogP contribution in [0, 0.1) is 5.92 Å². The topological polar surface area (TPSA) is 49.9 Å². The molecule has 0 N–H and O–H groups in total. The molecule has 0 aromatic heterocycles. The zero-order valence-corrected chi connectivity index (χ0v) is 12.8. The summed E-state index contributed by atoms with van der Waals surface area (Å²) >= 11 is 0. The zero-order chi connectivity index (χ0) is 14.7. The Kier molecular flexibility index (Phi) is 4.78. The molecule has 0 spiro atoms. The van der Waals surface area contributed by atoms with E-state index in [4.69, 9.17) is 4.74 Å². The first-order chi connectivity index (χ1) is 10.2. The average molecular weight is 294 g/mol. The summed E-state index contributed by atoms with van der Waals surface area (Å²) in [6.07, 6.45) is 7.50. The molecule has 3 aliphatic rings. The van der Waals surface area contributed by atoms with E-state index in [0.717, 1.165) is 45.4 Å². The van der Waals surface area contributed by atoms with Gasteiger partial charge in [-0.15, -0.1) is 0 Å². The lowest BCUT2D eigenvalue weighted by atomic mass is 10.0. The Balaban J connectivity index is 1.50. The summed E-state index contributed by atoms with van der Waals surface area (Å²) in [5.41, 5.74) is 0. The maximum atomic E-state index is 12.4. The van der Waals surface area contributed by atoms with E-state index >= 15 is 0 Å². The molecule has 5 heteroatoms. The summed E-state index contributed by atoms with van der Waals surface area (Å²) < 4.78 is 5.06. The first-order valence-electron chi connectivity index (χ1n) is 8.42. The van der Waals surface area contributed by atoms with Gasteiger partial charge >= 0.3 is 5.97 Å². The van der Waals surface area contributed by atoms with Crippen molar-refractivity contribution >= 4 is 11.9 Å². The molecule has 0 aromatic carbocycles. The zero-order valence-electron chi connectivity index (χ0n) is 12.8. The van der Waals surface area contributed by atoms with Crippen LogP contribution in [-0.2, 0) is 14.3 Å². The molecule has 3 rings (SSSR count). The van der Waals surface area contributed by atoms with Crippen LogP contribution in [-0.4, -0.2) is 60.5 Å². The number of carbonyl (C=O) groups excluding carboxylic acids is 2. The molecule has 2 aliphatic heterocycles. The van der Waals surface area contributed by atoms with Crippen molar-refractivity contribution in [2.75, 3.05) is 32.8 Å². The lowest BCUT2D eigenvalue weighted by molar-refractivity contribution is -0.142. The standard InChI is InChI=1S/C16H26N2O3/c19-15(12-13-4-1-2-5-13)18-8-3-7-17(9-10-18)14-6-11-21-16(14)20/h13-14H,1-12H2. The van der Waals surface area contributed by atoms with Crippen LogP contribution in [0.3, 0.4) is 0 Å². The van der Waals surface area contributed by atoms with Gasteiger partial charge in [0.2, 0.25) is 5.91 Å². The van der Waals surface area contributed by atoms with Crippen LogP contribution >= 0.6 is 0 Å². The van der Waals surface area contributed by atoms with Crippen molar-refractivity contribution in [3.8, 4) is 0 Å². The lowest BCUT2D eigenvalue weighted by Gasteiger charge is -2.25. The minimum Gasteiger partial charge on any atom is -0.464 e. The predicted octanol–water partition coefficient (Wildman–Crippen LogP) is 1.42. The van der Waals surface area contributed by atoms with Crippen molar-refractivity contribution < 1.29 is 14.3 Å². The van der Waals surface area contributed by atoms with Crippen molar-refractivity contribution in [3.63, 3.8) is 0 Å². The highest BCUT2D eigenvalue weighted by molar-refractivity contribution is 5.78. The van der Waals surface area contributed by atoms with Gasteiger partial charge in [-0.2, -0.15) is 0 Å². The Morgan fingerprint density at radius 2 is 1.86 bits per heavy atom. The van der Waals surface area contributed by atoms with Gasteiger partial charge in [0.25, 0.3) is 0 Å². The van der Waals surface area contributed by atoms with E-state index in [-0.39, 0.29) is 12.0 Å². The van der Waals surface area contributed by atoms with E-state index in [9.17, 15) is 9.59 Å². The number of amides is 1. The molecule has 1 unspecified atom stereocenters. The smallest absolute Gasteiger partial charge is 0.323 e. The maximum Gasteiger partial charge on any atom is 0.323 e. The molecule has 1 atom stereocenters. The van der Waals surface area contributed by atoms with Crippen LogP contribution in [0.1, 0.15) is 44.9 Å². The van der Waals surface area contributed by atoms with Crippen LogP contribution in [0.15, 0.2) is 0 Å². The van der Waals surface area contributed by atoms with Crippen LogP contribution in [0.4, 0.5) is 0 Å². The largest absolute Gasteiger partial charge is 0.464 e. The molecule has 21 heavy (non-hydrogen) atoms. The van der Waals surface area contributed by atoms with E-state index in [1.165, 1.54) is 25.7 Å². The van der Waals surface area contributed by atoms with E-state index < -0.39 is 0 Å². The number of carbonyl (C=O) groups is 2. The monoisotopic (exact) mass is 294 g/mol. The van der Waals surface area contributed by atoms with Gasteiger partial charge in [-0.25, -0.2) is 0 Å². The summed E-state index contributed by atoms with van der Waals surface area (Å²) in [5, 5.41) is 0. The van der Waals surface area contributed by atoms with E-state index in [2.05, 4.69) is 4.90 Å². The average Bonchev–Trinajstić information content (AvgIpc) is 3.06. The fraction of sp³-hybridized carbons (Fsp3) is 0.875. The van der Waals surface area contributed by atoms with Crippen LogP contribution in [0.2, 0.25) is 0 Å². The molecule has 1 amide bonds. The highest BCUT2D eigenvalue weighted by Crippen LogP contribution is 2.28. The molecule has 3 fully saturated rings. The first-order valence-corrected chi connectivity index (χ1v) is 8.42. The third-order valence-corrected chi connectivity index (χ3v) is 5.17. The number of ether oxygens (including phenoxy) is 1. The molecule has 2 heterocycles. The maximum absolute atomic E-state index is 12.4. The van der Waals surface area contributed by atoms with Gasteiger partial charge in [0.05, 0.1) is 6.61 Å². The Morgan fingerprint density at radius 3 is 2.57 bits per heavy atom. The SMILES string of the molecule is O=C1OCCC1N1CCCN(C(=O)CC2CCCC2)CC1. The van der Waals surface area contributed by atoms with E-state index in [0.29, 0.717) is 18.4 Å². The van der Waals surface area contributed by atoms with Gasteiger partial charge in [0.1, 0.15) is 6.04 Å². The summed E-state index contributed by atoms with van der Waals surface area (Å²) in [6, 6.07) is -0.0742. The molecule has 1 aliphatic carbocycles. The van der Waals surface area contributed by atoms with Gasteiger partial charge in [-0.1, -0.05) is 12.8 Å². The molecule has 0 aromatic rings. The van der Waals surface area contributed by atoms with Crippen molar-refractivity contribution in [2.24, 2.45) is 5.92 Å². The van der Waals surface area contributed by atoms with E-state index in [1.807, 2.05) is 4.90 Å². The second kappa shape index (κ2) is 6.77. The summed E-state index contributed by atoms with van der Waals surface area (Å²) in [7, 11) is 0. The number of hydrogen-bond acceptors (Lipinski definition) is 4. The van der Waals surface area contributed by atoms with Crippen LogP contribution in [0.25, 0.3) is 0 Å². The molecule has 118 valence electrons. The molecule has 5 nitrogen and oxygen atoms in total. The fourth-order valence-corrected chi connectivity index (χ4v) is 3.91. The highest BCUT2D eigenvalue weighted by Gasteiger charge is 2.33. The number of rotatable bonds is 3. The Labute approximate surface area is 126 Å². The Hall–Kier alpha value is -1.10. The molecule has 0 radical (unpaired) electrons. The van der Waals surface area contributed by atoms with Gasteiger partial charge in [-0.3, -0.25) is 14.5 Å². The molecular formula is C16H26N2O3. The second-order valence-corrected chi connectivity index (χ2v) is 6.60. The number of nitrogens with zero attached hydrogens (tertiary/aromatic N) is 2. The molecule has 0 bridgehead atoms.